The van der Waals surface area contributed by atoms with E-state index in [2.05, 4.69) is 17.0 Å². The van der Waals surface area contributed by atoms with Crippen molar-refractivity contribution in [3.63, 3.8) is 0 Å². The first kappa shape index (κ1) is 29.0. The first-order valence-electron chi connectivity index (χ1n) is 14.8. The van der Waals surface area contributed by atoms with Gasteiger partial charge in [-0.2, -0.15) is 0 Å². The summed E-state index contributed by atoms with van der Waals surface area (Å²) in [7, 11) is 1.68. The topological polar surface area (TPSA) is 77.3 Å². The van der Waals surface area contributed by atoms with Gasteiger partial charge in [0.25, 0.3) is 0 Å². The molecule has 0 radical (unpaired) electrons. The molecule has 0 saturated carbocycles. The van der Waals surface area contributed by atoms with Crippen molar-refractivity contribution in [2.75, 3.05) is 46.4 Å². The molecule has 1 amide bonds. The molecular formula is C33H43N3O5. The van der Waals surface area contributed by atoms with Crippen LogP contribution in [0.2, 0.25) is 0 Å². The highest BCUT2D eigenvalue weighted by atomic mass is 16.6. The van der Waals surface area contributed by atoms with E-state index in [0.717, 1.165) is 59.5 Å². The fraction of sp³-hybridized carbons (Fsp3) is 0.515. The van der Waals surface area contributed by atoms with E-state index in [1.54, 1.807) is 12.0 Å². The average Bonchev–Trinajstić information content (AvgIpc) is 3.62. The highest BCUT2D eigenvalue weighted by Gasteiger charge is 2.25. The van der Waals surface area contributed by atoms with Crippen LogP contribution < -0.4 is 9.47 Å². The van der Waals surface area contributed by atoms with Gasteiger partial charge < -0.3 is 28.4 Å². The Kier molecular flexibility index (Phi) is 8.88. The fourth-order valence-electron chi connectivity index (χ4n) is 5.49. The first-order valence-corrected chi connectivity index (χ1v) is 14.8. The first-order chi connectivity index (χ1) is 19.7. The molecule has 2 aromatic heterocycles. The molecule has 2 aliphatic rings. The molecule has 0 unspecified atom stereocenters. The van der Waals surface area contributed by atoms with E-state index in [9.17, 15) is 4.79 Å². The Hall–Kier alpha value is -3.52. The number of piperidine rings is 1. The molecule has 0 bridgehead atoms. The lowest BCUT2D eigenvalue weighted by Gasteiger charge is -2.31. The summed E-state index contributed by atoms with van der Waals surface area (Å²) in [6, 6.07) is 9.99. The number of hydrogen-bond acceptors (Lipinski definition) is 7. The number of furan rings is 1. The predicted octanol–water partition coefficient (Wildman–Crippen LogP) is 7.09. The number of methoxy groups -OCH3 is 1. The molecule has 4 heterocycles. The summed E-state index contributed by atoms with van der Waals surface area (Å²) in [6.07, 6.45) is 7.11. The maximum atomic E-state index is 12.6. The third-order valence-electron chi connectivity index (χ3n) is 7.61. The predicted molar refractivity (Wildman–Crippen MR) is 162 cm³/mol. The number of likely N-dealkylation sites (tertiary alicyclic amines) is 2. The quantitative estimate of drug-likeness (QED) is 0.272. The van der Waals surface area contributed by atoms with Gasteiger partial charge in [0.05, 0.1) is 19.2 Å². The summed E-state index contributed by atoms with van der Waals surface area (Å²) < 4.78 is 23.5. The van der Waals surface area contributed by atoms with Crippen molar-refractivity contribution in [2.24, 2.45) is 0 Å². The van der Waals surface area contributed by atoms with Gasteiger partial charge in [0.15, 0.2) is 17.3 Å². The van der Waals surface area contributed by atoms with Crippen molar-refractivity contribution in [3.05, 3.63) is 47.2 Å². The van der Waals surface area contributed by atoms with Crippen LogP contribution in [0.3, 0.4) is 0 Å². The molecule has 0 atom stereocenters. The molecule has 5 rings (SSSR count). The van der Waals surface area contributed by atoms with Crippen molar-refractivity contribution in [1.82, 2.24) is 14.8 Å². The van der Waals surface area contributed by atoms with Crippen molar-refractivity contribution in [3.8, 4) is 23.0 Å². The van der Waals surface area contributed by atoms with Crippen molar-refractivity contribution < 1.29 is 23.4 Å². The molecule has 3 aromatic rings. The largest absolute Gasteiger partial charge is 0.493 e. The fourth-order valence-corrected chi connectivity index (χ4v) is 5.49. The van der Waals surface area contributed by atoms with E-state index < -0.39 is 5.60 Å². The van der Waals surface area contributed by atoms with Crippen LogP contribution >= 0.6 is 0 Å². The minimum Gasteiger partial charge on any atom is -0.493 e. The number of ether oxygens (including phenoxy) is 3. The van der Waals surface area contributed by atoms with E-state index in [0.29, 0.717) is 31.2 Å². The minimum atomic E-state index is -0.501. The number of pyridine rings is 1. The molecule has 0 aliphatic carbocycles. The Balaban J connectivity index is 1.40. The molecule has 220 valence electrons. The number of carbonyl (C=O) groups is 1. The number of nitrogens with zero attached hydrogens (tertiary/aromatic N) is 3. The summed E-state index contributed by atoms with van der Waals surface area (Å²) in [5.74, 6) is 2.97. The van der Waals surface area contributed by atoms with E-state index in [4.69, 9.17) is 23.6 Å². The van der Waals surface area contributed by atoms with Gasteiger partial charge in [-0.1, -0.05) is 11.6 Å². The molecule has 41 heavy (non-hydrogen) atoms. The maximum Gasteiger partial charge on any atom is 0.410 e. The Bertz CT molecular complexity index is 1390. The Morgan fingerprint density at radius 1 is 1.05 bits per heavy atom. The lowest BCUT2D eigenvalue weighted by atomic mass is 9.98. The summed E-state index contributed by atoms with van der Waals surface area (Å²) in [6.45, 7) is 12.9. The zero-order valence-corrected chi connectivity index (χ0v) is 25.1. The normalized spacial score (nSPS) is 16.3. The lowest BCUT2D eigenvalue weighted by molar-refractivity contribution is 0.0237. The van der Waals surface area contributed by atoms with E-state index in [-0.39, 0.29) is 6.09 Å². The zero-order chi connectivity index (χ0) is 29.0. The van der Waals surface area contributed by atoms with Gasteiger partial charge in [-0.15, -0.1) is 0 Å². The van der Waals surface area contributed by atoms with E-state index in [1.807, 2.05) is 52.0 Å². The number of fused-ring (bicyclic) bond motifs is 1. The van der Waals surface area contributed by atoms with Crippen LogP contribution in [0.25, 0.3) is 28.4 Å². The molecule has 8 heteroatoms. The van der Waals surface area contributed by atoms with Crippen LogP contribution in [-0.2, 0) is 4.74 Å². The Labute approximate surface area is 243 Å². The number of rotatable bonds is 8. The number of aromatic nitrogens is 1. The highest BCUT2D eigenvalue weighted by Crippen LogP contribution is 2.36. The lowest BCUT2D eigenvalue weighted by Crippen LogP contribution is -2.40. The third-order valence-corrected chi connectivity index (χ3v) is 7.61. The SMILES string of the molecule is COc1cc2c(C=C3CCN(C(=O)OC(C)(C)C)CC3)cc(-c3ccc(C)o3)nc2cc1OCCCN1CCCC1. The van der Waals surface area contributed by atoms with Crippen LogP contribution in [0.15, 0.2) is 40.3 Å². The van der Waals surface area contributed by atoms with Crippen LogP contribution in [0.4, 0.5) is 4.79 Å². The molecule has 0 spiro atoms. The molecule has 8 nitrogen and oxygen atoms in total. The number of benzene rings is 1. The van der Waals surface area contributed by atoms with Crippen LogP contribution in [0, 0.1) is 6.92 Å². The van der Waals surface area contributed by atoms with Crippen LogP contribution in [-0.4, -0.2) is 72.9 Å². The summed E-state index contributed by atoms with van der Waals surface area (Å²) in [5, 5.41) is 0.986. The van der Waals surface area contributed by atoms with Gasteiger partial charge in [0, 0.05) is 31.1 Å². The summed E-state index contributed by atoms with van der Waals surface area (Å²) in [5.41, 5.74) is 3.41. The molecule has 0 N–H and O–H groups in total. The third kappa shape index (κ3) is 7.41. The molecule has 2 aliphatic heterocycles. The highest BCUT2D eigenvalue weighted by molar-refractivity contribution is 5.93. The Morgan fingerprint density at radius 2 is 1.80 bits per heavy atom. The van der Waals surface area contributed by atoms with E-state index in [1.165, 1.54) is 31.5 Å². The summed E-state index contributed by atoms with van der Waals surface area (Å²) in [4.78, 5) is 21.8. The second-order valence-corrected chi connectivity index (χ2v) is 12.0. The number of carbonyl (C=O) groups excluding carboxylic acids is 1. The van der Waals surface area contributed by atoms with Gasteiger partial charge in [-0.3, -0.25) is 0 Å². The monoisotopic (exact) mass is 561 g/mol. The van der Waals surface area contributed by atoms with Gasteiger partial charge in [0.1, 0.15) is 17.1 Å². The zero-order valence-electron chi connectivity index (χ0n) is 25.1. The smallest absolute Gasteiger partial charge is 0.410 e. The van der Waals surface area contributed by atoms with Gasteiger partial charge in [-0.05, 0) is 103 Å². The average molecular weight is 562 g/mol. The van der Waals surface area contributed by atoms with Gasteiger partial charge in [0.2, 0.25) is 0 Å². The maximum absolute atomic E-state index is 12.6. The molecule has 2 fully saturated rings. The van der Waals surface area contributed by atoms with Gasteiger partial charge in [-0.25, -0.2) is 9.78 Å². The standard InChI is InChI=1S/C33H43N3O5/c1-23-9-10-29(40-23)28-20-25(19-24-11-16-36(17-12-24)32(37)41-33(2,3)4)26-21-30(38-5)31(22-27(26)34-28)39-18-8-15-35-13-6-7-14-35/h9-10,19-22H,6-8,11-18H2,1-5H3. The molecule has 1 aromatic carbocycles. The van der Waals surface area contributed by atoms with E-state index >= 15 is 0 Å². The van der Waals surface area contributed by atoms with Crippen LogP contribution in [0.1, 0.15) is 64.2 Å². The molecule has 2 saturated heterocycles. The second kappa shape index (κ2) is 12.6. The van der Waals surface area contributed by atoms with Crippen LogP contribution in [0.5, 0.6) is 11.5 Å². The van der Waals surface area contributed by atoms with Crippen molar-refractivity contribution in [2.45, 2.75) is 65.4 Å². The van der Waals surface area contributed by atoms with Crippen molar-refractivity contribution >= 4 is 23.1 Å². The second-order valence-electron chi connectivity index (χ2n) is 12.0. The van der Waals surface area contributed by atoms with Crippen molar-refractivity contribution in [1.29, 1.82) is 0 Å². The summed E-state index contributed by atoms with van der Waals surface area (Å²) >= 11 is 0. The number of hydrogen-bond donors (Lipinski definition) is 0. The van der Waals surface area contributed by atoms with Gasteiger partial charge >= 0.3 is 6.09 Å². The molecular weight excluding hydrogens is 518 g/mol. The Morgan fingerprint density at radius 3 is 2.46 bits per heavy atom. The number of amides is 1. The minimum absolute atomic E-state index is 0.251. The number of aryl methyl sites for hydroxylation is 1.